The van der Waals surface area contributed by atoms with Gasteiger partial charge in [0.1, 0.15) is 0 Å². The van der Waals surface area contributed by atoms with Crippen LogP contribution in [-0.2, 0) is 9.84 Å². The Hall–Kier alpha value is -0.130. The van der Waals surface area contributed by atoms with Gasteiger partial charge in [0.15, 0.2) is 9.84 Å². The van der Waals surface area contributed by atoms with Crippen molar-refractivity contribution in [3.63, 3.8) is 0 Å². The molecule has 0 aromatic heterocycles. The molecule has 1 fully saturated rings. The lowest BCUT2D eigenvalue weighted by Gasteiger charge is -2.31. The number of rotatable bonds is 3. The molecule has 0 saturated carbocycles. The molecule has 78 valence electrons. The third-order valence-electron chi connectivity index (χ3n) is 2.46. The predicted molar refractivity (Wildman–Crippen MR) is 53.4 cm³/mol. The van der Waals surface area contributed by atoms with Crippen LogP contribution in [0.5, 0.6) is 0 Å². The van der Waals surface area contributed by atoms with E-state index in [1.165, 1.54) is 0 Å². The number of sulfone groups is 1. The van der Waals surface area contributed by atoms with Crippen molar-refractivity contribution in [1.29, 1.82) is 0 Å². The van der Waals surface area contributed by atoms with Gasteiger partial charge in [0, 0.05) is 19.6 Å². The minimum atomic E-state index is -2.89. The first-order valence-corrected chi connectivity index (χ1v) is 6.45. The molecule has 0 amide bonds. The van der Waals surface area contributed by atoms with Gasteiger partial charge in [-0.2, -0.15) is 0 Å². The second kappa shape index (κ2) is 4.39. The molecule has 1 rings (SSSR count). The Morgan fingerprint density at radius 3 is 2.77 bits per heavy atom. The Bertz CT molecular complexity index is 251. The maximum atomic E-state index is 11.5. The van der Waals surface area contributed by atoms with Gasteiger partial charge in [-0.1, -0.05) is 6.92 Å². The van der Waals surface area contributed by atoms with E-state index in [1.807, 2.05) is 0 Å². The molecule has 0 spiro atoms. The van der Waals surface area contributed by atoms with Crippen molar-refractivity contribution in [3.8, 4) is 0 Å². The molecule has 5 heteroatoms. The van der Waals surface area contributed by atoms with Gasteiger partial charge in [0.25, 0.3) is 0 Å². The predicted octanol–water partition coefficient (Wildman–Crippen LogP) is -0.546. The van der Waals surface area contributed by atoms with Crippen LogP contribution in [0.25, 0.3) is 0 Å². The molecule has 4 nitrogen and oxygen atoms in total. The van der Waals surface area contributed by atoms with Crippen molar-refractivity contribution < 1.29 is 8.42 Å². The third kappa shape index (κ3) is 2.65. The van der Waals surface area contributed by atoms with Crippen molar-refractivity contribution in [2.75, 3.05) is 31.9 Å². The van der Waals surface area contributed by atoms with Crippen molar-refractivity contribution in [1.82, 2.24) is 4.90 Å². The van der Waals surface area contributed by atoms with Gasteiger partial charge in [0.2, 0.25) is 0 Å². The molecule has 0 aliphatic carbocycles. The molecule has 1 saturated heterocycles. The zero-order chi connectivity index (χ0) is 9.90. The highest BCUT2D eigenvalue weighted by Crippen LogP contribution is 2.11. The SMILES string of the molecule is CCCN1CCS(=O)(=O)C(CN)C1. The number of nitrogens with two attached hydrogens (primary N) is 1. The van der Waals surface area contributed by atoms with E-state index in [2.05, 4.69) is 11.8 Å². The molecule has 0 bridgehead atoms. The highest BCUT2D eigenvalue weighted by molar-refractivity contribution is 7.92. The lowest BCUT2D eigenvalue weighted by Crippen LogP contribution is -2.49. The van der Waals surface area contributed by atoms with Gasteiger partial charge < -0.3 is 10.6 Å². The van der Waals surface area contributed by atoms with Crippen LogP contribution in [0.15, 0.2) is 0 Å². The summed E-state index contributed by atoms with van der Waals surface area (Å²) in [7, 11) is -2.89. The monoisotopic (exact) mass is 206 g/mol. The Labute approximate surface area is 80.0 Å². The largest absolute Gasteiger partial charge is 0.329 e. The molecule has 1 unspecified atom stereocenters. The van der Waals surface area contributed by atoms with Crippen molar-refractivity contribution in [2.24, 2.45) is 5.73 Å². The lowest BCUT2D eigenvalue weighted by molar-refractivity contribution is 0.276. The van der Waals surface area contributed by atoms with E-state index < -0.39 is 9.84 Å². The molecule has 0 aromatic rings. The summed E-state index contributed by atoms with van der Waals surface area (Å²) in [6, 6.07) is 0. The van der Waals surface area contributed by atoms with Crippen LogP contribution in [-0.4, -0.2) is 50.5 Å². The maximum Gasteiger partial charge on any atom is 0.156 e. The Kier molecular flexibility index (Phi) is 3.70. The molecular formula is C8H18N2O2S. The number of hydrogen-bond donors (Lipinski definition) is 1. The first-order valence-electron chi connectivity index (χ1n) is 4.74. The number of nitrogens with zero attached hydrogens (tertiary/aromatic N) is 1. The standard InChI is InChI=1S/C8H18N2O2S/c1-2-3-10-4-5-13(11,12)8(6-9)7-10/h8H,2-7,9H2,1H3. The molecule has 1 aliphatic rings. The molecule has 1 heterocycles. The fraction of sp³-hybridized carbons (Fsp3) is 1.00. The van der Waals surface area contributed by atoms with Gasteiger partial charge in [-0.05, 0) is 13.0 Å². The second-order valence-electron chi connectivity index (χ2n) is 3.53. The Balaban J connectivity index is 2.58. The summed E-state index contributed by atoms with van der Waals surface area (Å²) >= 11 is 0. The van der Waals surface area contributed by atoms with E-state index in [1.54, 1.807) is 0 Å². The molecule has 2 N–H and O–H groups in total. The second-order valence-corrected chi connectivity index (χ2v) is 5.93. The van der Waals surface area contributed by atoms with Crippen LogP contribution in [0.2, 0.25) is 0 Å². The van der Waals surface area contributed by atoms with E-state index in [0.717, 1.165) is 13.0 Å². The number of hydrogen-bond acceptors (Lipinski definition) is 4. The topological polar surface area (TPSA) is 63.4 Å². The quantitative estimate of drug-likeness (QED) is 0.673. The summed E-state index contributed by atoms with van der Waals surface area (Å²) in [5.74, 6) is 0.273. The summed E-state index contributed by atoms with van der Waals surface area (Å²) in [5, 5.41) is -0.340. The molecular weight excluding hydrogens is 188 g/mol. The van der Waals surface area contributed by atoms with E-state index in [0.29, 0.717) is 13.1 Å². The third-order valence-corrected chi connectivity index (χ3v) is 4.57. The Morgan fingerprint density at radius 2 is 2.23 bits per heavy atom. The van der Waals surface area contributed by atoms with Gasteiger partial charge >= 0.3 is 0 Å². The molecule has 0 radical (unpaired) electrons. The average molecular weight is 206 g/mol. The van der Waals surface area contributed by atoms with Crippen LogP contribution < -0.4 is 5.73 Å². The first-order chi connectivity index (χ1) is 6.10. The first kappa shape index (κ1) is 10.9. The van der Waals surface area contributed by atoms with Crippen LogP contribution >= 0.6 is 0 Å². The van der Waals surface area contributed by atoms with E-state index in [4.69, 9.17) is 5.73 Å². The molecule has 0 aromatic carbocycles. The van der Waals surface area contributed by atoms with Crippen LogP contribution in [0.1, 0.15) is 13.3 Å². The maximum absolute atomic E-state index is 11.5. The minimum absolute atomic E-state index is 0.253. The molecule has 1 atom stereocenters. The van der Waals surface area contributed by atoms with Crippen molar-refractivity contribution in [3.05, 3.63) is 0 Å². The average Bonchev–Trinajstić information content (AvgIpc) is 2.08. The summed E-state index contributed by atoms with van der Waals surface area (Å²) in [6.45, 7) is 4.62. The Morgan fingerprint density at radius 1 is 1.54 bits per heavy atom. The lowest BCUT2D eigenvalue weighted by atomic mass is 10.3. The van der Waals surface area contributed by atoms with Gasteiger partial charge in [-0.3, -0.25) is 0 Å². The smallest absolute Gasteiger partial charge is 0.156 e. The van der Waals surface area contributed by atoms with Gasteiger partial charge in [0.05, 0.1) is 11.0 Å². The van der Waals surface area contributed by atoms with E-state index in [9.17, 15) is 8.42 Å². The van der Waals surface area contributed by atoms with Crippen LogP contribution in [0.3, 0.4) is 0 Å². The summed E-state index contributed by atoms with van der Waals surface area (Å²) in [6.07, 6.45) is 1.07. The fourth-order valence-corrected chi connectivity index (χ4v) is 3.23. The summed E-state index contributed by atoms with van der Waals surface area (Å²) < 4.78 is 22.9. The van der Waals surface area contributed by atoms with Crippen LogP contribution in [0.4, 0.5) is 0 Å². The normalized spacial score (nSPS) is 28.9. The van der Waals surface area contributed by atoms with E-state index >= 15 is 0 Å². The molecule has 13 heavy (non-hydrogen) atoms. The van der Waals surface area contributed by atoms with Crippen molar-refractivity contribution >= 4 is 9.84 Å². The fourth-order valence-electron chi connectivity index (χ4n) is 1.66. The summed E-state index contributed by atoms with van der Waals surface area (Å²) in [5.41, 5.74) is 5.43. The highest BCUT2D eigenvalue weighted by Gasteiger charge is 2.31. The highest BCUT2D eigenvalue weighted by atomic mass is 32.2. The zero-order valence-electron chi connectivity index (χ0n) is 8.07. The molecule has 1 aliphatic heterocycles. The van der Waals surface area contributed by atoms with Gasteiger partial charge in [-0.25, -0.2) is 8.42 Å². The van der Waals surface area contributed by atoms with Crippen molar-refractivity contribution in [2.45, 2.75) is 18.6 Å². The zero-order valence-corrected chi connectivity index (χ0v) is 8.89. The van der Waals surface area contributed by atoms with Gasteiger partial charge in [-0.15, -0.1) is 0 Å². The van der Waals surface area contributed by atoms with E-state index in [-0.39, 0.29) is 17.5 Å². The minimum Gasteiger partial charge on any atom is -0.329 e. The summed E-state index contributed by atoms with van der Waals surface area (Å²) in [4.78, 5) is 2.18. The van der Waals surface area contributed by atoms with Crippen LogP contribution in [0, 0.1) is 0 Å².